The lowest BCUT2D eigenvalue weighted by Gasteiger charge is -2.39. The van der Waals surface area contributed by atoms with Crippen LogP contribution in [-0.2, 0) is 15.3 Å². The molecule has 0 saturated carbocycles. The summed E-state index contributed by atoms with van der Waals surface area (Å²) in [6.07, 6.45) is -1.81. The molecular formula is C29H26O11S. The minimum absolute atomic E-state index is 0.0538. The average molecular weight is 583 g/mol. The SMILES string of the molecule is O=C(OC1C(c2cc(O)c(O)c(O)c2)Oc2cc(O)cc(O)c2C1SCc1ccccc1)C1C=C(O)C(O)=C(O)C1. The standard InChI is InChI=1S/C29H26O11S/c30-16-10-17(31)23-22(11-16)39-26(14-6-18(32)24(36)19(33)7-14)27(28(23)41-12-13-4-2-1-3-5-13)40-29(38)15-8-20(34)25(37)21(35)9-15/h1-8,10-11,15,26-28,30-37H,9,12H2. The lowest BCUT2D eigenvalue weighted by molar-refractivity contribution is -0.159. The summed E-state index contributed by atoms with van der Waals surface area (Å²) in [6, 6.07) is 13.9. The van der Waals surface area contributed by atoms with Crippen LogP contribution in [0, 0.1) is 5.92 Å². The topological polar surface area (TPSA) is 197 Å². The maximum atomic E-state index is 13.4. The summed E-state index contributed by atoms with van der Waals surface area (Å²) in [5, 5.41) is 80.2. The van der Waals surface area contributed by atoms with Crippen molar-refractivity contribution in [2.75, 3.05) is 0 Å². The fraction of sp³-hybridized carbons (Fsp3) is 0.207. The zero-order chi connectivity index (χ0) is 29.4. The number of aliphatic hydroxyl groups excluding tert-OH is 3. The number of hydrogen-bond acceptors (Lipinski definition) is 12. The second-order valence-electron chi connectivity index (χ2n) is 9.60. The first-order chi connectivity index (χ1) is 19.5. The summed E-state index contributed by atoms with van der Waals surface area (Å²) in [7, 11) is 0. The number of rotatable bonds is 6. The molecular weight excluding hydrogens is 556 g/mol. The first-order valence-corrected chi connectivity index (χ1v) is 13.4. The summed E-state index contributed by atoms with van der Waals surface area (Å²) in [4.78, 5) is 13.4. The normalized spacial score (nSPS) is 21.9. The number of esters is 1. The van der Waals surface area contributed by atoms with E-state index < -0.39 is 63.9 Å². The van der Waals surface area contributed by atoms with E-state index in [1.54, 1.807) is 0 Å². The third-order valence-electron chi connectivity index (χ3n) is 6.78. The van der Waals surface area contributed by atoms with Gasteiger partial charge in [-0.3, -0.25) is 4.79 Å². The molecule has 1 aliphatic carbocycles. The molecule has 1 heterocycles. The summed E-state index contributed by atoms with van der Waals surface area (Å²) in [5.74, 6) is -6.46. The summed E-state index contributed by atoms with van der Waals surface area (Å²) in [5.41, 5.74) is 1.22. The molecule has 1 aliphatic heterocycles. The van der Waals surface area contributed by atoms with Gasteiger partial charge in [0.1, 0.15) is 23.0 Å². The second kappa shape index (κ2) is 11.0. The number of benzene rings is 3. The number of aliphatic hydroxyl groups is 3. The lowest BCUT2D eigenvalue weighted by atomic mass is 9.92. The van der Waals surface area contributed by atoms with Crippen molar-refractivity contribution in [1.82, 2.24) is 0 Å². The van der Waals surface area contributed by atoms with Crippen molar-refractivity contribution in [3.8, 4) is 34.5 Å². The number of thioether (sulfide) groups is 1. The van der Waals surface area contributed by atoms with E-state index in [9.17, 15) is 45.6 Å². The highest BCUT2D eigenvalue weighted by Crippen LogP contribution is 2.55. The molecule has 11 nitrogen and oxygen atoms in total. The van der Waals surface area contributed by atoms with Gasteiger partial charge in [0.05, 0.1) is 16.7 Å². The minimum Gasteiger partial charge on any atom is -0.508 e. The molecule has 214 valence electrons. The van der Waals surface area contributed by atoms with Gasteiger partial charge in [-0.05, 0) is 23.8 Å². The smallest absolute Gasteiger partial charge is 0.313 e. The molecule has 12 heteroatoms. The van der Waals surface area contributed by atoms with Crippen molar-refractivity contribution in [2.24, 2.45) is 5.92 Å². The van der Waals surface area contributed by atoms with Gasteiger partial charge < -0.3 is 50.3 Å². The highest BCUT2D eigenvalue weighted by atomic mass is 32.2. The number of carbonyl (C=O) groups excluding carboxylic acids is 1. The van der Waals surface area contributed by atoms with Crippen molar-refractivity contribution in [2.45, 2.75) is 29.6 Å². The Bertz CT molecular complexity index is 1530. The zero-order valence-electron chi connectivity index (χ0n) is 21.2. The molecule has 0 fully saturated rings. The van der Waals surface area contributed by atoms with E-state index >= 15 is 0 Å². The highest BCUT2D eigenvalue weighted by Gasteiger charge is 2.45. The Hall–Kier alpha value is -4.84. The quantitative estimate of drug-likeness (QED) is 0.143. The van der Waals surface area contributed by atoms with Gasteiger partial charge in [0, 0.05) is 29.9 Å². The first-order valence-electron chi connectivity index (χ1n) is 12.4. The van der Waals surface area contributed by atoms with E-state index in [4.69, 9.17) is 9.47 Å². The van der Waals surface area contributed by atoms with E-state index in [0.717, 1.165) is 29.8 Å². The number of aromatic hydroxyl groups is 5. The van der Waals surface area contributed by atoms with Crippen LogP contribution >= 0.6 is 11.8 Å². The Balaban J connectivity index is 1.60. The van der Waals surface area contributed by atoms with Crippen molar-refractivity contribution >= 4 is 17.7 Å². The first kappa shape index (κ1) is 27.7. The van der Waals surface area contributed by atoms with Crippen LogP contribution in [-0.4, -0.2) is 52.9 Å². The third-order valence-corrected chi connectivity index (χ3v) is 8.14. The molecule has 0 amide bonds. The zero-order valence-corrected chi connectivity index (χ0v) is 22.0. The van der Waals surface area contributed by atoms with Crippen molar-refractivity contribution in [3.05, 3.63) is 94.6 Å². The molecule has 3 aromatic carbocycles. The third kappa shape index (κ3) is 5.46. The number of carbonyl (C=O) groups is 1. The molecule has 5 rings (SSSR count). The fourth-order valence-corrected chi connectivity index (χ4v) is 6.13. The Morgan fingerprint density at radius 2 is 1.59 bits per heavy atom. The summed E-state index contributed by atoms with van der Waals surface area (Å²) in [6.45, 7) is 0. The number of fused-ring (bicyclic) bond motifs is 1. The van der Waals surface area contributed by atoms with E-state index in [0.29, 0.717) is 5.75 Å². The van der Waals surface area contributed by atoms with Crippen LogP contribution in [0.5, 0.6) is 34.5 Å². The van der Waals surface area contributed by atoms with Gasteiger partial charge in [0.25, 0.3) is 0 Å². The minimum atomic E-state index is -1.25. The van der Waals surface area contributed by atoms with Crippen LogP contribution in [0.4, 0.5) is 0 Å². The van der Waals surface area contributed by atoms with Gasteiger partial charge >= 0.3 is 5.97 Å². The molecule has 0 radical (unpaired) electrons. The van der Waals surface area contributed by atoms with Gasteiger partial charge in [-0.2, -0.15) is 0 Å². The maximum absolute atomic E-state index is 13.4. The van der Waals surface area contributed by atoms with Crippen LogP contribution in [0.25, 0.3) is 0 Å². The van der Waals surface area contributed by atoms with Crippen molar-refractivity contribution in [3.63, 3.8) is 0 Å². The van der Waals surface area contributed by atoms with Crippen molar-refractivity contribution < 1.29 is 55.1 Å². The molecule has 8 N–H and O–H groups in total. The molecule has 0 saturated heterocycles. The highest BCUT2D eigenvalue weighted by molar-refractivity contribution is 7.98. The second-order valence-corrected chi connectivity index (χ2v) is 10.7. The Labute approximate surface area is 237 Å². The van der Waals surface area contributed by atoms with Crippen LogP contribution in [0.2, 0.25) is 0 Å². The maximum Gasteiger partial charge on any atom is 0.313 e. The number of hydrogen-bond donors (Lipinski definition) is 8. The van der Waals surface area contributed by atoms with Crippen LogP contribution in [0.1, 0.15) is 34.5 Å². The Morgan fingerprint density at radius 3 is 2.24 bits per heavy atom. The molecule has 3 aromatic rings. The van der Waals surface area contributed by atoms with Crippen LogP contribution < -0.4 is 4.74 Å². The molecule has 0 aromatic heterocycles. The monoisotopic (exact) mass is 582 g/mol. The largest absolute Gasteiger partial charge is 0.508 e. The molecule has 41 heavy (non-hydrogen) atoms. The number of ether oxygens (including phenoxy) is 2. The predicted octanol–water partition coefficient (Wildman–Crippen LogP) is 5.02. The van der Waals surface area contributed by atoms with E-state index in [2.05, 4.69) is 0 Å². The van der Waals surface area contributed by atoms with E-state index in [1.165, 1.54) is 17.8 Å². The fourth-order valence-electron chi connectivity index (χ4n) is 4.77. The van der Waals surface area contributed by atoms with Crippen LogP contribution in [0.15, 0.2) is 78.0 Å². The van der Waals surface area contributed by atoms with Crippen LogP contribution in [0.3, 0.4) is 0 Å². The molecule has 4 atom stereocenters. The van der Waals surface area contributed by atoms with E-state index in [1.807, 2.05) is 30.3 Å². The van der Waals surface area contributed by atoms with Gasteiger partial charge in [-0.1, -0.05) is 30.3 Å². The van der Waals surface area contributed by atoms with Gasteiger partial charge in [-0.15, -0.1) is 11.8 Å². The van der Waals surface area contributed by atoms with Gasteiger partial charge in [-0.25, -0.2) is 0 Å². The van der Waals surface area contributed by atoms with Crippen molar-refractivity contribution in [1.29, 1.82) is 0 Å². The van der Waals surface area contributed by atoms with E-state index in [-0.39, 0.29) is 34.8 Å². The molecule has 2 aliphatic rings. The summed E-state index contributed by atoms with van der Waals surface area (Å²) >= 11 is 1.28. The number of phenols is 5. The average Bonchev–Trinajstić information content (AvgIpc) is 2.93. The number of allylic oxidation sites excluding steroid dienone is 1. The number of phenolic OH excluding ortho intramolecular Hbond substituents is 5. The molecule has 4 unspecified atom stereocenters. The molecule has 0 bridgehead atoms. The molecule has 0 spiro atoms. The Kier molecular flexibility index (Phi) is 7.41. The lowest BCUT2D eigenvalue weighted by Crippen LogP contribution is -2.38. The summed E-state index contributed by atoms with van der Waals surface area (Å²) < 4.78 is 12.0. The van der Waals surface area contributed by atoms with Gasteiger partial charge in [0.15, 0.2) is 41.0 Å². The van der Waals surface area contributed by atoms with Gasteiger partial charge in [0.2, 0.25) is 0 Å². The Morgan fingerprint density at radius 1 is 0.902 bits per heavy atom. The predicted molar refractivity (Wildman–Crippen MR) is 146 cm³/mol.